The minimum Gasteiger partial charge on any atom is -0.506 e. The zero-order valence-electron chi connectivity index (χ0n) is 14.4. The number of sulfonamides is 1. The second-order valence-electron chi connectivity index (χ2n) is 6.11. The van der Waals surface area contributed by atoms with Gasteiger partial charge in [0.15, 0.2) is 0 Å². The highest BCUT2D eigenvalue weighted by atomic mass is 32.2. The highest BCUT2D eigenvalue weighted by Gasteiger charge is 2.16. The first-order valence-corrected chi connectivity index (χ1v) is 9.66. The molecular weight excluding hydrogens is 364 g/mol. The van der Waals surface area contributed by atoms with Gasteiger partial charge in [-0.2, -0.15) is 0 Å². The smallest absolute Gasteiger partial charge is 0.261 e. The van der Waals surface area contributed by atoms with Crippen LogP contribution in [0.2, 0.25) is 0 Å². The average molecular weight is 380 g/mol. The van der Waals surface area contributed by atoms with Crippen molar-refractivity contribution in [3.63, 3.8) is 0 Å². The van der Waals surface area contributed by atoms with Crippen LogP contribution in [-0.2, 0) is 10.0 Å². The fraction of sp³-hybridized carbons (Fsp3) is 0.0526. The van der Waals surface area contributed by atoms with Gasteiger partial charge in [0.25, 0.3) is 10.0 Å². The Balaban J connectivity index is 1.74. The van der Waals surface area contributed by atoms with E-state index in [2.05, 4.69) is 15.0 Å². The molecule has 0 radical (unpaired) electrons. The van der Waals surface area contributed by atoms with E-state index in [1.165, 1.54) is 22.9 Å². The van der Waals surface area contributed by atoms with E-state index in [0.717, 1.165) is 5.56 Å². The fourth-order valence-corrected chi connectivity index (χ4v) is 3.78. The summed E-state index contributed by atoms with van der Waals surface area (Å²) in [6.45, 7) is 1.89. The third-order valence-corrected chi connectivity index (χ3v) is 5.54. The van der Waals surface area contributed by atoms with Crippen molar-refractivity contribution in [3.8, 4) is 11.4 Å². The molecule has 0 aliphatic carbocycles. The molecular formula is C19H16N4O3S. The van der Waals surface area contributed by atoms with Crippen LogP contribution in [0.15, 0.2) is 71.6 Å². The van der Waals surface area contributed by atoms with Crippen molar-refractivity contribution < 1.29 is 13.5 Å². The molecule has 3 aromatic carbocycles. The maximum Gasteiger partial charge on any atom is 0.261 e. The third kappa shape index (κ3) is 3.22. The highest BCUT2D eigenvalue weighted by Crippen LogP contribution is 2.28. The molecule has 4 aromatic rings. The quantitative estimate of drug-likeness (QED) is 0.530. The Morgan fingerprint density at radius 1 is 1.00 bits per heavy atom. The second-order valence-corrected chi connectivity index (χ2v) is 7.79. The molecule has 1 heterocycles. The van der Waals surface area contributed by atoms with Gasteiger partial charge in [-0.25, -0.2) is 13.1 Å². The van der Waals surface area contributed by atoms with Gasteiger partial charge < -0.3 is 5.11 Å². The number of nitrogens with zero attached hydrogens (tertiary/aromatic N) is 3. The van der Waals surface area contributed by atoms with Crippen LogP contribution < -0.4 is 4.72 Å². The van der Waals surface area contributed by atoms with E-state index in [1.54, 1.807) is 30.3 Å². The van der Waals surface area contributed by atoms with E-state index in [-0.39, 0.29) is 10.6 Å². The summed E-state index contributed by atoms with van der Waals surface area (Å²) in [4.78, 5) is 0.161. The van der Waals surface area contributed by atoms with Crippen molar-refractivity contribution in [2.75, 3.05) is 4.72 Å². The number of aryl methyl sites for hydroxylation is 1. The van der Waals surface area contributed by atoms with Crippen LogP contribution in [0.5, 0.6) is 5.75 Å². The number of fused-ring (bicyclic) bond motifs is 1. The highest BCUT2D eigenvalue weighted by molar-refractivity contribution is 7.92. The molecule has 0 aliphatic heterocycles. The third-order valence-electron chi connectivity index (χ3n) is 4.14. The molecule has 27 heavy (non-hydrogen) atoms. The van der Waals surface area contributed by atoms with Gasteiger partial charge in [-0.15, -0.1) is 5.10 Å². The van der Waals surface area contributed by atoms with Crippen LogP contribution in [0.3, 0.4) is 0 Å². The summed E-state index contributed by atoms with van der Waals surface area (Å²) in [5.74, 6) is -0.0380. The molecule has 4 rings (SSSR count). The number of hydrogen-bond acceptors (Lipinski definition) is 5. The summed E-state index contributed by atoms with van der Waals surface area (Å²) in [5, 5.41) is 18.4. The lowest BCUT2D eigenvalue weighted by Crippen LogP contribution is -2.13. The lowest BCUT2D eigenvalue weighted by molar-refractivity contribution is 0.470. The predicted molar refractivity (Wildman–Crippen MR) is 103 cm³/mol. The number of hydrogen-bond donors (Lipinski definition) is 2. The second kappa shape index (κ2) is 6.40. The fourth-order valence-electron chi connectivity index (χ4n) is 2.73. The summed E-state index contributed by atoms with van der Waals surface area (Å²) in [5.41, 5.74) is 2.98. The van der Waals surface area contributed by atoms with Gasteiger partial charge in [-0.1, -0.05) is 35.0 Å². The number of phenolic OH excluding ortho intramolecular Hbond substituents is 1. The zero-order chi connectivity index (χ0) is 19.0. The van der Waals surface area contributed by atoms with E-state index < -0.39 is 10.0 Å². The Bertz CT molecular complexity index is 1230. The summed E-state index contributed by atoms with van der Waals surface area (Å²) in [6, 6.07) is 18.3. The first kappa shape index (κ1) is 17.0. The van der Waals surface area contributed by atoms with E-state index in [1.807, 2.05) is 25.1 Å². The number of nitrogens with one attached hydrogen (secondary N) is 1. The molecule has 0 saturated carbocycles. The molecule has 7 nitrogen and oxygen atoms in total. The van der Waals surface area contributed by atoms with Gasteiger partial charge in [0.2, 0.25) is 0 Å². The number of aromatic nitrogens is 3. The van der Waals surface area contributed by atoms with E-state index >= 15 is 0 Å². The maximum absolute atomic E-state index is 12.6. The molecule has 0 spiro atoms. The first-order chi connectivity index (χ1) is 12.9. The normalized spacial score (nSPS) is 11.6. The molecule has 0 bridgehead atoms. The van der Waals surface area contributed by atoms with Crippen molar-refractivity contribution in [2.24, 2.45) is 0 Å². The first-order valence-electron chi connectivity index (χ1n) is 8.17. The van der Waals surface area contributed by atoms with Gasteiger partial charge in [0, 0.05) is 0 Å². The van der Waals surface area contributed by atoms with Crippen molar-refractivity contribution in [3.05, 3.63) is 72.3 Å². The Morgan fingerprint density at radius 2 is 1.74 bits per heavy atom. The SMILES string of the molecule is Cc1ccc(S(=O)(=O)Nc2ccc(O)c(-n3nnc4ccccc43)c2)cc1. The lowest BCUT2D eigenvalue weighted by atomic mass is 10.2. The number of para-hydroxylation sites is 1. The van der Waals surface area contributed by atoms with Crippen LogP contribution in [0.1, 0.15) is 5.56 Å². The monoisotopic (exact) mass is 380 g/mol. The Hall–Kier alpha value is -3.39. The number of phenols is 1. The Kier molecular flexibility index (Phi) is 4.04. The average Bonchev–Trinajstić information content (AvgIpc) is 3.07. The molecule has 136 valence electrons. The number of rotatable bonds is 4. The van der Waals surface area contributed by atoms with Crippen LogP contribution >= 0.6 is 0 Å². The van der Waals surface area contributed by atoms with Crippen molar-refractivity contribution in [1.82, 2.24) is 15.0 Å². The van der Waals surface area contributed by atoms with E-state index in [9.17, 15) is 13.5 Å². The number of benzene rings is 3. The van der Waals surface area contributed by atoms with E-state index in [4.69, 9.17) is 0 Å². The summed E-state index contributed by atoms with van der Waals surface area (Å²) < 4.78 is 29.2. The van der Waals surface area contributed by atoms with Crippen LogP contribution in [0.4, 0.5) is 5.69 Å². The molecule has 8 heteroatoms. The van der Waals surface area contributed by atoms with Gasteiger partial charge in [-0.05, 0) is 49.4 Å². The minimum atomic E-state index is -3.75. The summed E-state index contributed by atoms with van der Waals surface area (Å²) in [6.07, 6.45) is 0. The van der Waals surface area contributed by atoms with Gasteiger partial charge in [0.05, 0.1) is 16.1 Å². The Labute approximate surface area is 155 Å². The van der Waals surface area contributed by atoms with Gasteiger partial charge >= 0.3 is 0 Å². The number of aromatic hydroxyl groups is 1. The standard InChI is InChI=1S/C19H16N4O3S/c1-13-6-9-15(10-7-13)27(25,26)21-14-8-11-19(24)18(12-14)23-17-5-3-2-4-16(17)20-22-23/h2-12,21,24H,1H3. The molecule has 0 unspecified atom stereocenters. The Morgan fingerprint density at radius 3 is 2.52 bits per heavy atom. The van der Waals surface area contributed by atoms with E-state index in [0.29, 0.717) is 22.4 Å². The van der Waals surface area contributed by atoms with Crippen molar-refractivity contribution >= 4 is 26.7 Å². The van der Waals surface area contributed by atoms with Crippen LogP contribution in [0.25, 0.3) is 16.7 Å². The molecule has 2 N–H and O–H groups in total. The lowest BCUT2D eigenvalue weighted by Gasteiger charge is -2.11. The van der Waals surface area contributed by atoms with Crippen LogP contribution in [-0.4, -0.2) is 28.5 Å². The molecule has 0 atom stereocenters. The zero-order valence-corrected chi connectivity index (χ0v) is 15.2. The topological polar surface area (TPSA) is 97.1 Å². The molecule has 0 saturated heterocycles. The van der Waals surface area contributed by atoms with Crippen molar-refractivity contribution in [2.45, 2.75) is 11.8 Å². The minimum absolute atomic E-state index is 0.0380. The number of anilines is 1. The maximum atomic E-state index is 12.6. The molecule has 0 aliphatic rings. The predicted octanol–water partition coefficient (Wildman–Crippen LogP) is 3.24. The molecule has 1 aromatic heterocycles. The van der Waals surface area contributed by atoms with Crippen LogP contribution in [0, 0.1) is 6.92 Å². The summed E-state index contributed by atoms with van der Waals surface area (Å²) in [7, 11) is -3.75. The van der Waals surface area contributed by atoms with Gasteiger partial charge in [-0.3, -0.25) is 4.72 Å². The summed E-state index contributed by atoms with van der Waals surface area (Å²) >= 11 is 0. The molecule has 0 amide bonds. The molecule has 0 fully saturated rings. The van der Waals surface area contributed by atoms with Gasteiger partial charge in [0.1, 0.15) is 17.0 Å². The van der Waals surface area contributed by atoms with Crippen molar-refractivity contribution in [1.29, 1.82) is 0 Å². The largest absolute Gasteiger partial charge is 0.506 e.